The molecule has 5 atom stereocenters. The standard InChI is InChI=1S/C26H35N2O11P/c1-15(2)13-21(29)35-14-20-22(30)23(39-40(32,33)34)24(38-25(31)18-5-3-4-6-19(18)28)26(37-20)36-17-9-7-16(8-10-17)11-12-27/h3-10,15,20,22-24,26,30H,11-14,27-28H2,1-2H3,(H2,32,33,34)/t20-,22-,23+,24-,26-/m1/s1. The highest BCUT2D eigenvalue weighted by atomic mass is 31.2. The van der Waals surface area contributed by atoms with Gasteiger partial charge in [0, 0.05) is 12.1 Å². The minimum atomic E-state index is -5.25. The lowest BCUT2D eigenvalue weighted by Gasteiger charge is -2.43. The van der Waals surface area contributed by atoms with E-state index in [0.717, 1.165) is 5.56 Å². The van der Waals surface area contributed by atoms with Gasteiger partial charge in [-0.2, -0.15) is 0 Å². The maximum atomic E-state index is 13.0. The van der Waals surface area contributed by atoms with Crippen LogP contribution in [0.15, 0.2) is 48.5 Å². The van der Waals surface area contributed by atoms with E-state index in [1.807, 2.05) is 13.8 Å². The molecule has 0 spiro atoms. The molecule has 14 heteroatoms. The highest BCUT2D eigenvalue weighted by Crippen LogP contribution is 2.42. The summed E-state index contributed by atoms with van der Waals surface area (Å²) in [6.07, 6.45) is -7.54. The summed E-state index contributed by atoms with van der Waals surface area (Å²) in [6, 6.07) is 12.7. The largest absolute Gasteiger partial charge is 0.470 e. The average molecular weight is 583 g/mol. The fourth-order valence-electron chi connectivity index (χ4n) is 4.00. The Balaban J connectivity index is 1.94. The van der Waals surface area contributed by atoms with Crippen molar-refractivity contribution in [2.45, 2.75) is 57.4 Å². The number of nitrogens with two attached hydrogens (primary N) is 2. The molecule has 2 aromatic carbocycles. The molecule has 220 valence electrons. The third kappa shape index (κ3) is 9.00. The molecule has 7 N–H and O–H groups in total. The van der Waals surface area contributed by atoms with Crippen LogP contribution in [-0.4, -0.2) is 70.7 Å². The number of benzene rings is 2. The van der Waals surface area contributed by atoms with E-state index in [0.29, 0.717) is 13.0 Å². The van der Waals surface area contributed by atoms with E-state index < -0.39 is 57.1 Å². The minimum absolute atomic E-state index is 0.00276. The van der Waals surface area contributed by atoms with E-state index in [1.54, 1.807) is 36.4 Å². The van der Waals surface area contributed by atoms with Gasteiger partial charge < -0.3 is 45.3 Å². The van der Waals surface area contributed by atoms with Gasteiger partial charge in [-0.15, -0.1) is 0 Å². The maximum Gasteiger partial charge on any atom is 0.470 e. The predicted octanol–water partition coefficient (Wildman–Crippen LogP) is 1.53. The van der Waals surface area contributed by atoms with Crippen molar-refractivity contribution in [3.8, 4) is 5.75 Å². The summed E-state index contributed by atoms with van der Waals surface area (Å²) >= 11 is 0. The van der Waals surface area contributed by atoms with E-state index in [9.17, 15) is 29.0 Å². The summed E-state index contributed by atoms with van der Waals surface area (Å²) < 4.78 is 39.3. The summed E-state index contributed by atoms with van der Waals surface area (Å²) in [5.41, 5.74) is 12.5. The molecular weight excluding hydrogens is 547 g/mol. The minimum Gasteiger partial charge on any atom is -0.463 e. The van der Waals surface area contributed by atoms with Gasteiger partial charge in [0.15, 0.2) is 6.10 Å². The van der Waals surface area contributed by atoms with Crippen molar-refractivity contribution in [2.75, 3.05) is 18.9 Å². The second kappa shape index (κ2) is 14.0. The van der Waals surface area contributed by atoms with Crippen LogP contribution in [0.5, 0.6) is 5.75 Å². The van der Waals surface area contributed by atoms with Gasteiger partial charge >= 0.3 is 19.8 Å². The Kier molecular flexibility index (Phi) is 11.1. The summed E-state index contributed by atoms with van der Waals surface area (Å²) in [4.78, 5) is 44.4. The SMILES string of the molecule is CC(C)CC(=O)OC[C@H]1O[C@@H](Oc2ccc(CCN)cc2)[C@H](OC(=O)c2ccccc2N)[C@@H](OP(=O)(O)O)[C@@H]1O. The van der Waals surface area contributed by atoms with Crippen LogP contribution >= 0.6 is 7.82 Å². The van der Waals surface area contributed by atoms with Crippen LogP contribution in [0.1, 0.15) is 36.2 Å². The van der Waals surface area contributed by atoms with Crippen LogP contribution in [0, 0.1) is 5.92 Å². The van der Waals surface area contributed by atoms with Crippen LogP contribution in [-0.2, 0) is 34.5 Å². The number of aliphatic hydroxyl groups is 1. The summed E-state index contributed by atoms with van der Waals surface area (Å²) in [7, 11) is -5.25. The highest BCUT2D eigenvalue weighted by Gasteiger charge is 2.52. The van der Waals surface area contributed by atoms with Gasteiger partial charge in [0.25, 0.3) is 0 Å². The monoisotopic (exact) mass is 582 g/mol. The molecule has 0 unspecified atom stereocenters. The van der Waals surface area contributed by atoms with Crippen molar-refractivity contribution in [3.05, 3.63) is 59.7 Å². The molecule has 1 saturated heterocycles. The number of hydrogen-bond donors (Lipinski definition) is 5. The molecule has 13 nitrogen and oxygen atoms in total. The molecule has 0 saturated carbocycles. The molecule has 1 heterocycles. The smallest absolute Gasteiger partial charge is 0.463 e. The van der Waals surface area contributed by atoms with Crippen LogP contribution in [0.3, 0.4) is 0 Å². The zero-order valence-corrected chi connectivity index (χ0v) is 23.0. The number of phosphoric acid groups is 1. The van der Waals surface area contributed by atoms with Crippen molar-refractivity contribution < 1.29 is 52.5 Å². The molecule has 0 radical (unpaired) electrons. The second-order valence-corrected chi connectivity index (χ2v) is 10.8. The number of phosphoric ester groups is 1. The molecule has 1 aliphatic heterocycles. The Hall–Kier alpha value is -3.03. The van der Waals surface area contributed by atoms with Gasteiger partial charge in [-0.1, -0.05) is 38.1 Å². The van der Waals surface area contributed by atoms with E-state index in [4.69, 9.17) is 34.9 Å². The van der Waals surface area contributed by atoms with Crippen molar-refractivity contribution in [1.29, 1.82) is 0 Å². The zero-order chi connectivity index (χ0) is 29.4. The van der Waals surface area contributed by atoms with Crippen molar-refractivity contribution in [3.63, 3.8) is 0 Å². The lowest BCUT2D eigenvalue weighted by atomic mass is 9.98. The molecule has 3 rings (SSSR count). The molecule has 40 heavy (non-hydrogen) atoms. The predicted molar refractivity (Wildman–Crippen MR) is 142 cm³/mol. The molecule has 0 aliphatic carbocycles. The Bertz CT molecular complexity index is 1190. The Morgan fingerprint density at radius 1 is 1.07 bits per heavy atom. The Labute approximate surface area is 231 Å². The molecular formula is C26H35N2O11P. The van der Waals surface area contributed by atoms with Gasteiger partial charge in [0.1, 0.15) is 30.7 Å². The topological polar surface area (TPSA) is 210 Å². The van der Waals surface area contributed by atoms with Crippen LogP contribution in [0.2, 0.25) is 0 Å². The maximum absolute atomic E-state index is 13.0. The van der Waals surface area contributed by atoms with E-state index >= 15 is 0 Å². The first-order valence-corrected chi connectivity index (χ1v) is 14.1. The Morgan fingerprint density at radius 2 is 1.75 bits per heavy atom. The summed E-state index contributed by atoms with van der Waals surface area (Å²) in [5.74, 6) is -1.30. The summed E-state index contributed by atoms with van der Waals surface area (Å²) in [6.45, 7) is 3.58. The van der Waals surface area contributed by atoms with Gasteiger partial charge in [-0.25, -0.2) is 9.36 Å². The van der Waals surface area contributed by atoms with Gasteiger partial charge in [0.2, 0.25) is 6.29 Å². The first-order chi connectivity index (χ1) is 18.9. The molecule has 1 aliphatic rings. The number of carbonyl (C=O) groups excluding carboxylic acids is 2. The molecule has 2 aromatic rings. The second-order valence-electron chi connectivity index (χ2n) is 9.63. The lowest BCUT2D eigenvalue weighted by Crippen LogP contribution is -2.62. The third-order valence-corrected chi connectivity index (χ3v) is 6.41. The zero-order valence-electron chi connectivity index (χ0n) is 22.1. The van der Waals surface area contributed by atoms with E-state index in [2.05, 4.69) is 0 Å². The number of anilines is 1. The first-order valence-electron chi connectivity index (χ1n) is 12.6. The van der Waals surface area contributed by atoms with E-state index in [1.165, 1.54) is 12.1 Å². The number of nitrogen functional groups attached to an aromatic ring is 1. The fraction of sp³-hybridized carbons (Fsp3) is 0.462. The molecule has 0 amide bonds. The number of ether oxygens (including phenoxy) is 4. The third-order valence-electron chi connectivity index (χ3n) is 5.89. The van der Waals surface area contributed by atoms with Gasteiger partial charge in [-0.3, -0.25) is 9.32 Å². The van der Waals surface area contributed by atoms with Crippen LogP contribution in [0.25, 0.3) is 0 Å². The quantitative estimate of drug-likeness (QED) is 0.137. The normalized spacial score (nSPS) is 23.0. The van der Waals surface area contributed by atoms with E-state index in [-0.39, 0.29) is 29.3 Å². The molecule has 0 aromatic heterocycles. The number of carbonyl (C=O) groups is 2. The average Bonchev–Trinajstić information content (AvgIpc) is 2.87. The first kappa shape index (κ1) is 31.5. The van der Waals surface area contributed by atoms with Crippen LogP contribution < -0.4 is 16.2 Å². The van der Waals surface area contributed by atoms with Crippen molar-refractivity contribution in [1.82, 2.24) is 0 Å². The van der Waals surface area contributed by atoms with Crippen molar-refractivity contribution in [2.24, 2.45) is 11.7 Å². The van der Waals surface area contributed by atoms with Gasteiger partial charge in [0.05, 0.1) is 5.56 Å². The van der Waals surface area contributed by atoms with Gasteiger partial charge in [-0.05, 0) is 48.7 Å². The highest BCUT2D eigenvalue weighted by molar-refractivity contribution is 7.46. The summed E-state index contributed by atoms with van der Waals surface area (Å²) in [5, 5.41) is 11.0. The number of rotatable bonds is 12. The number of para-hydroxylation sites is 1. The Morgan fingerprint density at radius 3 is 2.35 bits per heavy atom. The van der Waals surface area contributed by atoms with Crippen LogP contribution in [0.4, 0.5) is 5.69 Å². The van der Waals surface area contributed by atoms with Crippen molar-refractivity contribution >= 4 is 25.4 Å². The number of esters is 2. The number of aliphatic hydroxyl groups excluding tert-OH is 1. The molecule has 0 bridgehead atoms. The number of hydrogen-bond acceptors (Lipinski definition) is 11. The fourth-order valence-corrected chi connectivity index (χ4v) is 4.56. The lowest BCUT2D eigenvalue weighted by molar-refractivity contribution is -0.274. The molecule has 1 fully saturated rings.